The van der Waals surface area contributed by atoms with Crippen molar-refractivity contribution in [2.75, 3.05) is 5.32 Å². The van der Waals surface area contributed by atoms with E-state index < -0.39 is 0 Å². The number of amides is 1. The van der Waals surface area contributed by atoms with Gasteiger partial charge in [0.1, 0.15) is 0 Å². The second-order valence-electron chi connectivity index (χ2n) is 9.74. The van der Waals surface area contributed by atoms with Gasteiger partial charge in [0.15, 0.2) is 0 Å². The lowest BCUT2D eigenvalue weighted by Gasteiger charge is -2.46. The SMILES string of the molecule is Cc1nc2c(s1)C[C@@H]1[C@H](C2)[C@H]([C@@H](C)C(=O)Nc2ccc(Cl)c(-c3ccccn3)c2)CC[C@H]1C. The molecule has 6 heteroatoms. The Balaban J connectivity index is 1.34. The number of halogens is 1. The van der Waals surface area contributed by atoms with Crippen molar-refractivity contribution >= 4 is 34.5 Å². The third-order valence-corrected chi connectivity index (χ3v) is 9.12. The Bertz CT molecular complexity index is 1160. The van der Waals surface area contributed by atoms with Gasteiger partial charge in [-0.2, -0.15) is 0 Å². The van der Waals surface area contributed by atoms with Crippen molar-refractivity contribution in [3.05, 3.63) is 63.2 Å². The molecule has 1 saturated carbocycles. The van der Waals surface area contributed by atoms with E-state index in [2.05, 4.69) is 31.1 Å². The van der Waals surface area contributed by atoms with Crippen molar-refractivity contribution in [2.24, 2.45) is 29.6 Å². The van der Waals surface area contributed by atoms with Crippen LogP contribution < -0.4 is 5.32 Å². The largest absolute Gasteiger partial charge is 0.326 e. The van der Waals surface area contributed by atoms with Crippen LogP contribution in [-0.4, -0.2) is 15.9 Å². The number of benzene rings is 1. The van der Waals surface area contributed by atoms with Gasteiger partial charge in [0.2, 0.25) is 5.91 Å². The molecule has 1 aromatic carbocycles. The molecule has 0 radical (unpaired) electrons. The van der Waals surface area contributed by atoms with Crippen molar-refractivity contribution in [1.29, 1.82) is 0 Å². The Hall–Kier alpha value is -2.24. The van der Waals surface area contributed by atoms with Crippen LogP contribution in [0, 0.1) is 36.5 Å². The lowest BCUT2D eigenvalue weighted by Crippen LogP contribution is -2.43. The van der Waals surface area contributed by atoms with Crippen LogP contribution in [0.4, 0.5) is 5.69 Å². The summed E-state index contributed by atoms with van der Waals surface area (Å²) in [5.41, 5.74) is 3.67. The highest BCUT2D eigenvalue weighted by atomic mass is 35.5. The number of hydrogen-bond donors (Lipinski definition) is 1. The third kappa shape index (κ3) is 4.45. The number of thiazole rings is 1. The average molecular weight is 480 g/mol. The number of aryl methyl sites for hydroxylation is 1. The zero-order valence-corrected chi connectivity index (χ0v) is 20.9. The lowest BCUT2D eigenvalue weighted by molar-refractivity contribution is -0.123. The minimum atomic E-state index is -0.0553. The number of carbonyl (C=O) groups excluding carboxylic acids is 1. The van der Waals surface area contributed by atoms with Crippen LogP contribution in [0.3, 0.4) is 0 Å². The van der Waals surface area contributed by atoms with Crippen molar-refractivity contribution in [2.45, 2.75) is 46.5 Å². The highest BCUT2D eigenvalue weighted by Gasteiger charge is 2.44. The molecule has 2 heterocycles. The summed E-state index contributed by atoms with van der Waals surface area (Å²) in [5, 5.41) is 4.96. The number of fused-ring (bicyclic) bond motifs is 2. The first-order chi connectivity index (χ1) is 15.9. The number of anilines is 1. The number of nitrogens with one attached hydrogen (secondary N) is 1. The summed E-state index contributed by atoms with van der Waals surface area (Å²) >= 11 is 8.29. The van der Waals surface area contributed by atoms with E-state index >= 15 is 0 Å². The van der Waals surface area contributed by atoms with Crippen molar-refractivity contribution in [1.82, 2.24) is 9.97 Å². The summed E-state index contributed by atoms with van der Waals surface area (Å²) in [6, 6.07) is 11.4. The molecule has 0 aliphatic heterocycles. The Kier molecular flexibility index (Phi) is 6.28. The number of aromatic nitrogens is 2. The monoisotopic (exact) mass is 479 g/mol. The molecule has 1 N–H and O–H groups in total. The molecular weight excluding hydrogens is 450 g/mol. The van der Waals surface area contributed by atoms with Crippen LogP contribution in [0.5, 0.6) is 0 Å². The maximum absolute atomic E-state index is 13.4. The van der Waals surface area contributed by atoms with Crippen LogP contribution >= 0.6 is 22.9 Å². The van der Waals surface area contributed by atoms with Gasteiger partial charge in [-0.05, 0) is 80.2 Å². The number of carbonyl (C=O) groups is 1. The standard InChI is InChI=1S/C27H30ClN3OS/c1-15-7-9-19(21-13-25-26(14-20(15)21)33-17(3)30-25)16(2)27(32)31-18-8-10-23(28)22(12-18)24-6-4-5-11-29-24/h4-6,8,10-12,15-16,19-21H,7,9,13-14H2,1-3H3,(H,31,32)/t15-,16-,19+,20+,21-/m1/s1. The quantitative estimate of drug-likeness (QED) is 0.446. The Morgan fingerprint density at radius 3 is 2.82 bits per heavy atom. The maximum atomic E-state index is 13.4. The molecule has 4 nitrogen and oxygen atoms in total. The van der Waals surface area contributed by atoms with Crippen LogP contribution in [0.25, 0.3) is 11.3 Å². The van der Waals surface area contributed by atoms with E-state index in [9.17, 15) is 4.79 Å². The minimum absolute atomic E-state index is 0.0553. The molecule has 33 heavy (non-hydrogen) atoms. The summed E-state index contributed by atoms with van der Waals surface area (Å²) in [6.45, 7) is 6.60. The predicted octanol–water partition coefficient (Wildman–Crippen LogP) is 6.82. The lowest BCUT2D eigenvalue weighted by atomic mass is 9.59. The van der Waals surface area contributed by atoms with Gasteiger partial charge < -0.3 is 5.32 Å². The molecule has 2 aromatic heterocycles. The number of pyridine rings is 1. The van der Waals surface area contributed by atoms with E-state index in [1.165, 1.54) is 22.0 Å². The third-order valence-electron chi connectivity index (χ3n) is 7.75. The van der Waals surface area contributed by atoms with E-state index in [1.54, 1.807) is 6.20 Å². The fourth-order valence-electron chi connectivity index (χ4n) is 5.94. The van der Waals surface area contributed by atoms with Crippen molar-refractivity contribution in [3.8, 4) is 11.3 Å². The van der Waals surface area contributed by atoms with Crippen LogP contribution in [0.1, 0.15) is 42.3 Å². The van der Waals surface area contributed by atoms with Gasteiger partial charge in [0, 0.05) is 28.2 Å². The smallest absolute Gasteiger partial charge is 0.227 e. The van der Waals surface area contributed by atoms with Gasteiger partial charge >= 0.3 is 0 Å². The van der Waals surface area contributed by atoms with Gasteiger partial charge in [-0.3, -0.25) is 9.78 Å². The first kappa shape index (κ1) is 22.5. The zero-order chi connectivity index (χ0) is 23.1. The highest BCUT2D eigenvalue weighted by molar-refractivity contribution is 7.11. The Morgan fingerprint density at radius 2 is 2.03 bits per heavy atom. The molecule has 5 atom stereocenters. The predicted molar refractivity (Wildman–Crippen MR) is 136 cm³/mol. The molecule has 1 fully saturated rings. The fraction of sp³-hybridized carbons (Fsp3) is 0.444. The molecule has 0 unspecified atom stereocenters. The summed E-state index contributed by atoms with van der Waals surface area (Å²) in [6.07, 6.45) is 6.19. The molecule has 1 amide bonds. The molecule has 0 spiro atoms. The van der Waals surface area contributed by atoms with Gasteiger partial charge in [-0.1, -0.05) is 37.9 Å². The van der Waals surface area contributed by atoms with Gasteiger partial charge in [-0.25, -0.2) is 4.98 Å². The van der Waals surface area contributed by atoms with E-state index in [-0.39, 0.29) is 11.8 Å². The average Bonchev–Trinajstić information content (AvgIpc) is 3.18. The number of nitrogens with zero attached hydrogens (tertiary/aromatic N) is 2. The molecule has 5 rings (SSSR count). The van der Waals surface area contributed by atoms with E-state index in [4.69, 9.17) is 16.6 Å². The summed E-state index contributed by atoms with van der Waals surface area (Å²) in [5.74, 6) is 2.29. The summed E-state index contributed by atoms with van der Waals surface area (Å²) in [4.78, 5) is 24.1. The molecular formula is C27H30ClN3OS. The summed E-state index contributed by atoms with van der Waals surface area (Å²) < 4.78 is 0. The first-order valence-corrected chi connectivity index (χ1v) is 13.1. The van der Waals surface area contributed by atoms with Crippen molar-refractivity contribution in [3.63, 3.8) is 0 Å². The number of hydrogen-bond acceptors (Lipinski definition) is 4. The second kappa shape index (κ2) is 9.19. The maximum Gasteiger partial charge on any atom is 0.227 e. The Morgan fingerprint density at radius 1 is 1.18 bits per heavy atom. The summed E-state index contributed by atoms with van der Waals surface area (Å²) in [7, 11) is 0. The molecule has 0 bridgehead atoms. The van der Waals surface area contributed by atoms with Crippen LogP contribution in [0.15, 0.2) is 42.6 Å². The zero-order valence-electron chi connectivity index (χ0n) is 19.3. The van der Waals surface area contributed by atoms with E-state index in [1.807, 2.05) is 47.7 Å². The molecule has 2 aliphatic rings. The highest BCUT2D eigenvalue weighted by Crippen LogP contribution is 2.49. The second-order valence-corrected chi connectivity index (χ2v) is 11.4. The van der Waals surface area contributed by atoms with E-state index in [0.717, 1.165) is 36.2 Å². The van der Waals surface area contributed by atoms with Gasteiger partial charge in [0.25, 0.3) is 0 Å². The Labute approximate surface area is 204 Å². The first-order valence-electron chi connectivity index (χ1n) is 11.9. The van der Waals surface area contributed by atoms with Crippen molar-refractivity contribution < 1.29 is 4.79 Å². The van der Waals surface area contributed by atoms with Crippen LogP contribution in [-0.2, 0) is 17.6 Å². The fourth-order valence-corrected chi connectivity index (χ4v) is 7.19. The molecule has 0 saturated heterocycles. The van der Waals surface area contributed by atoms with Gasteiger partial charge in [-0.15, -0.1) is 11.3 Å². The normalized spacial score (nSPS) is 25.1. The topological polar surface area (TPSA) is 54.9 Å². The molecule has 3 aromatic rings. The van der Waals surface area contributed by atoms with Crippen LogP contribution in [0.2, 0.25) is 5.02 Å². The molecule has 2 aliphatic carbocycles. The minimum Gasteiger partial charge on any atom is -0.326 e. The number of rotatable bonds is 4. The molecule has 172 valence electrons. The van der Waals surface area contributed by atoms with Gasteiger partial charge in [0.05, 0.1) is 21.4 Å². The van der Waals surface area contributed by atoms with E-state index in [0.29, 0.717) is 28.7 Å².